The van der Waals surface area contributed by atoms with E-state index in [4.69, 9.17) is 11.6 Å². The maximum Gasteiger partial charge on any atom is 0.0677 e. The summed E-state index contributed by atoms with van der Waals surface area (Å²) in [4.78, 5) is 4.40. The largest absolute Gasteiger partial charge is 0.277 e. The summed E-state index contributed by atoms with van der Waals surface area (Å²) in [6.45, 7) is 2.06. The Morgan fingerprint density at radius 3 is 3.00 bits per heavy atom. The molecule has 1 aliphatic rings. The van der Waals surface area contributed by atoms with Crippen LogP contribution in [0.25, 0.3) is 6.08 Å². The molecule has 0 spiro atoms. The fourth-order valence-electron chi connectivity index (χ4n) is 1.34. The molecule has 0 fully saturated rings. The van der Waals surface area contributed by atoms with Crippen LogP contribution in [0.2, 0.25) is 5.02 Å². The first-order chi connectivity index (χ1) is 5.66. The third-order valence-corrected chi connectivity index (χ3v) is 2.70. The summed E-state index contributed by atoms with van der Waals surface area (Å²) in [6, 6.07) is 4.06. The number of rotatable bonds is 0. The summed E-state index contributed by atoms with van der Waals surface area (Å²) in [7, 11) is 0. The van der Waals surface area contributed by atoms with Crippen molar-refractivity contribution in [2.24, 2.45) is 4.99 Å². The molecule has 62 valence electrons. The second kappa shape index (κ2) is 2.86. The molecule has 0 amide bonds. The van der Waals surface area contributed by atoms with Gasteiger partial charge in [-0.1, -0.05) is 27.5 Å². The SMILES string of the molecule is CC1C=c2c(Br)cc(Cl)cc2=N1. The molecule has 1 aromatic carbocycles. The molecule has 0 saturated carbocycles. The van der Waals surface area contributed by atoms with Crippen LogP contribution < -0.4 is 10.6 Å². The summed E-state index contributed by atoms with van der Waals surface area (Å²) < 4.78 is 1.03. The average Bonchev–Trinajstić information content (AvgIpc) is 2.29. The van der Waals surface area contributed by atoms with Crippen LogP contribution in [0.15, 0.2) is 21.6 Å². The Morgan fingerprint density at radius 2 is 2.25 bits per heavy atom. The second-order valence-electron chi connectivity index (χ2n) is 2.86. The van der Waals surface area contributed by atoms with Crippen molar-refractivity contribution in [1.29, 1.82) is 0 Å². The van der Waals surface area contributed by atoms with Crippen LogP contribution in [-0.4, -0.2) is 6.04 Å². The minimum Gasteiger partial charge on any atom is -0.277 e. The predicted molar refractivity (Wildman–Crippen MR) is 53.9 cm³/mol. The van der Waals surface area contributed by atoms with Gasteiger partial charge in [0.15, 0.2) is 0 Å². The van der Waals surface area contributed by atoms with Gasteiger partial charge in [0.1, 0.15) is 0 Å². The maximum atomic E-state index is 5.87. The monoisotopic (exact) mass is 243 g/mol. The lowest BCUT2D eigenvalue weighted by atomic mass is 10.2. The van der Waals surface area contributed by atoms with Gasteiger partial charge in [0.2, 0.25) is 0 Å². The lowest BCUT2D eigenvalue weighted by Crippen LogP contribution is -2.22. The van der Waals surface area contributed by atoms with E-state index in [-0.39, 0.29) is 6.04 Å². The third kappa shape index (κ3) is 1.29. The van der Waals surface area contributed by atoms with Crippen LogP contribution in [0.5, 0.6) is 0 Å². The molecule has 1 aliphatic heterocycles. The fourth-order valence-corrected chi connectivity index (χ4v) is 2.27. The number of fused-ring (bicyclic) bond motifs is 1. The van der Waals surface area contributed by atoms with Gasteiger partial charge in [0.05, 0.1) is 11.4 Å². The molecule has 0 bridgehead atoms. The lowest BCUT2D eigenvalue weighted by molar-refractivity contribution is 0.955. The quantitative estimate of drug-likeness (QED) is 0.661. The maximum absolute atomic E-state index is 5.87. The number of halogens is 2. The molecule has 1 nitrogen and oxygen atoms in total. The minimum absolute atomic E-state index is 0.273. The van der Waals surface area contributed by atoms with E-state index in [2.05, 4.69) is 33.9 Å². The Hall–Kier alpha value is -0.340. The lowest BCUT2D eigenvalue weighted by Gasteiger charge is -1.91. The molecule has 3 heteroatoms. The van der Waals surface area contributed by atoms with Crippen molar-refractivity contribution in [3.05, 3.63) is 32.2 Å². The van der Waals surface area contributed by atoms with E-state index in [0.717, 1.165) is 20.1 Å². The molecule has 1 heterocycles. The zero-order chi connectivity index (χ0) is 8.72. The Bertz CT molecular complexity index is 439. The third-order valence-electron chi connectivity index (χ3n) is 1.82. The standard InChI is InChI=1S/C9H7BrClN/c1-5-2-7-8(10)3-6(11)4-9(7)12-5/h2-5H,1H3. The summed E-state index contributed by atoms with van der Waals surface area (Å²) in [5.74, 6) is 0. The number of benzene rings is 1. The van der Waals surface area contributed by atoms with Crippen molar-refractivity contribution in [2.45, 2.75) is 13.0 Å². The number of nitrogens with zero attached hydrogens (tertiary/aromatic N) is 1. The van der Waals surface area contributed by atoms with Crippen LogP contribution in [0, 0.1) is 0 Å². The summed E-state index contributed by atoms with van der Waals surface area (Å²) in [5.41, 5.74) is 0. The molecule has 0 aliphatic carbocycles. The minimum atomic E-state index is 0.273. The van der Waals surface area contributed by atoms with Gasteiger partial charge >= 0.3 is 0 Å². The van der Waals surface area contributed by atoms with E-state index < -0.39 is 0 Å². The van der Waals surface area contributed by atoms with Crippen LogP contribution in [-0.2, 0) is 0 Å². The number of hydrogen-bond donors (Lipinski definition) is 0. The van der Waals surface area contributed by atoms with Crippen molar-refractivity contribution in [2.75, 3.05) is 0 Å². The molecule has 0 aromatic heterocycles. The van der Waals surface area contributed by atoms with Gasteiger partial charge in [0.25, 0.3) is 0 Å². The van der Waals surface area contributed by atoms with Crippen molar-refractivity contribution >= 4 is 33.6 Å². The first kappa shape index (κ1) is 8.27. The second-order valence-corrected chi connectivity index (χ2v) is 4.15. The molecule has 1 atom stereocenters. The highest BCUT2D eigenvalue weighted by Crippen LogP contribution is 2.11. The molecule has 0 radical (unpaired) electrons. The van der Waals surface area contributed by atoms with Gasteiger partial charge in [-0.05, 0) is 25.1 Å². The summed E-state index contributed by atoms with van der Waals surface area (Å²) >= 11 is 9.32. The van der Waals surface area contributed by atoms with Crippen LogP contribution in [0.1, 0.15) is 6.92 Å². The molecule has 1 aromatic rings. The molecule has 1 unspecified atom stereocenters. The molecular formula is C9H7BrClN. The molecule has 2 rings (SSSR count). The summed E-state index contributed by atoms with van der Waals surface area (Å²) in [5, 5.41) is 2.88. The van der Waals surface area contributed by atoms with Gasteiger partial charge in [0, 0.05) is 14.7 Å². The van der Waals surface area contributed by atoms with Crippen molar-refractivity contribution in [3.63, 3.8) is 0 Å². The normalized spacial score (nSPS) is 19.8. The number of hydrogen-bond acceptors (Lipinski definition) is 1. The highest BCUT2D eigenvalue weighted by atomic mass is 79.9. The topological polar surface area (TPSA) is 12.4 Å². The zero-order valence-corrected chi connectivity index (χ0v) is 8.85. The predicted octanol–water partition coefficient (Wildman–Crippen LogP) is 1.90. The van der Waals surface area contributed by atoms with E-state index in [1.165, 1.54) is 0 Å². The average molecular weight is 245 g/mol. The van der Waals surface area contributed by atoms with Gasteiger partial charge in [-0.3, -0.25) is 4.99 Å². The molecule has 0 N–H and O–H groups in total. The Kier molecular flexibility index (Phi) is 1.97. The smallest absolute Gasteiger partial charge is 0.0677 e. The van der Waals surface area contributed by atoms with E-state index >= 15 is 0 Å². The van der Waals surface area contributed by atoms with Gasteiger partial charge in [-0.15, -0.1) is 0 Å². The highest BCUT2D eigenvalue weighted by molar-refractivity contribution is 9.10. The fraction of sp³-hybridized carbons (Fsp3) is 0.222. The van der Waals surface area contributed by atoms with Crippen molar-refractivity contribution < 1.29 is 0 Å². The van der Waals surface area contributed by atoms with Gasteiger partial charge in [-0.2, -0.15) is 0 Å². The highest BCUT2D eigenvalue weighted by Gasteiger charge is 2.05. The Balaban J connectivity index is 2.86. The van der Waals surface area contributed by atoms with E-state index in [1.54, 1.807) is 0 Å². The van der Waals surface area contributed by atoms with Gasteiger partial charge < -0.3 is 0 Å². The van der Waals surface area contributed by atoms with E-state index in [9.17, 15) is 0 Å². The zero-order valence-electron chi connectivity index (χ0n) is 6.51. The first-order valence-corrected chi connectivity index (χ1v) is 4.88. The van der Waals surface area contributed by atoms with Crippen LogP contribution in [0.4, 0.5) is 0 Å². The van der Waals surface area contributed by atoms with Crippen LogP contribution >= 0.6 is 27.5 Å². The Labute approximate surface area is 83.9 Å². The van der Waals surface area contributed by atoms with Crippen molar-refractivity contribution in [3.8, 4) is 0 Å². The molecule has 0 saturated heterocycles. The molecule has 12 heavy (non-hydrogen) atoms. The summed E-state index contributed by atoms with van der Waals surface area (Å²) in [6.07, 6.45) is 2.12. The van der Waals surface area contributed by atoms with E-state index in [0.29, 0.717) is 0 Å². The van der Waals surface area contributed by atoms with Gasteiger partial charge in [-0.25, -0.2) is 0 Å². The Morgan fingerprint density at radius 1 is 1.50 bits per heavy atom. The first-order valence-electron chi connectivity index (χ1n) is 3.71. The van der Waals surface area contributed by atoms with Crippen molar-refractivity contribution in [1.82, 2.24) is 0 Å². The molecular weight excluding hydrogens is 237 g/mol. The van der Waals surface area contributed by atoms with E-state index in [1.807, 2.05) is 12.1 Å². The van der Waals surface area contributed by atoms with Crippen LogP contribution in [0.3, 0.4) is 0 Å².